The van der Waals surface area contributed by atoms with Crippen LogP contribution in [0.4, 0.5) is 0 Å². The van der Waals surface area contributed by atoms with Gasteiger partial charge >= 0.3 is 5.97 Å². The molecule has 2 atom stereocenters. The minimum absolute atomic E-state index is 0.0735. The fourth-order valence-electron chi connectivity index (χ4n) is 2.98. The molecule has 0 spiro atoms. The third-order valence-corrected chi connectivity index (χ3v) is 5.58. The maximum atomic E-state index is 12.7. The number of β-lactam (4-membered cyclic amide) rings is 1. The molecule has 10 nitrogen and oxygen atoms in total. The van der Waals surface area contributed by atoms with E-state index in [0.29, 0.717) is 0 Å². The number of aliphatic hydroxyl groups excluding tert-OH is 1. The van der Waals surface area contributed by atoms with Crippen LogP contribution in [0.3, 0.4) is 0 Å². The van der Waals surface area contributed by atoms with Gasteiger partial charge in [0.2, 0.25) is 0 Å². The zero-order valence-electron chi connectivity index (χ0n) is 14.7. The first-order chi connectivity index (χ1) is 13.4. The molecule has 4 N–H and O–H groups in total. The van der Waals surface area contributed by atoms with Gasteiger partial charge in [-0.15, -0.1) is 11.8 Å². The number of carbonyl (C=O) groups is 3. The molecule has 0 saturated carbocycles. The number of aliphatic carboxylic acids is 1. The van der Waals surface area contributed by atoms with Gasteiger partial charge in [0.1, 0.15) is 30.0 Å². The molecule has 1 fully saturated rings. The Labute approximate surface area is 163 Å². The summed E-state index contributed by atoms with van der Waals surface area (Å²) in [5.74, 6) is -2.46. The first-order valence-electron chi connectivity index (χ1n) is 8.11. The highest BCUT2D eigenvalue weighted by Gasteiger charge is 2.54. The van der Waals surface area contributed by atoms with Crippen LogP contribution >= 0.6 is 11.8 Å². The molecule has 0 bridgehead atoms. The van der Waals surface area contributed by atoms with Crippen molar-refractivity contribution in [2.24, 2.45) is 5.16 Å². The summed E-state index contributed by atoms with van der Waals surface area (Å²) in [4.78, 5) is 42.4. The van der Waals surface area contributed by atoms with E-state index in [1.165, 1.54) is 37.1 Å². The van der Waals surface area contributed by atoms with Crippen LogP contribution in [0.15, 0.2) is 40.7 Å². The largest absolute Gasteiger partial charge is 0.508 e. The molecule has 11 heteroatoms. The molecule has 1 aromatic carbocycles. The standard InChI is InChI=1S/C17H17N3O7S/c1-27-19-11(8-3-2-4-10(22)5-8)14(23)18-12-15(24)20-13(17(25)26)9(6-21)7-28-16(12)20/h2-5,12,16,21-22H,6-7H2,1H3,(H,18,23)(H,25,26)/t12?,16-/m1/s1. The van der Waals surface area contributed by atoms with Crippen molar-refractivity contribution in [3.63, 3.8) is 0 Å². The Morgan fingerprint density at radius 2 is 2.18 bits per heavy atom. The number of hydrogen-bond acceptors (Lipinski definition) is 8. The smallest absolute Gasteiger partial charge is 0.352 e. The summed E-state index contributed by atoms with van der Waals surface area (Å²) in [6, 6.07) is 4.86. The highest BCUT2D eigenvalue weighted by molar-refractivity contribution is 8.00. The highest BCUT2D eigenvalue weighted by Crippen LogP contribution is 2.40. The van der Waals surface area contributed by atoms with Crippen molar-refractivity contribution >= 4 is 35.3 Å². The Balaban J connectivity index is 1.80. The summed E-state index contributed by atoms with van der Waals surface area (Å²) >= 11 is 1.24. The summed E-state index contributed by atoms with van der Waals surface area (Å²) in [5.41, 5.74) is 0.136. The number of phenolic OH excluding ortho intramolecular Hbond substituents is 1. The zero-order chi connectivity index (χ0) is 20.4. The van der Waals surface area contributed by atoms with E-state index < -0.39 is 35.8 Å². The molecule has 2 heterocycles. The number of carboxylic acid groups (broad SMARTS) is 1. The Hall–Kier alpha value is -3.05. The Morgan fingerprint density at radius 3 is 2.79 bits per heavy atom. The third-order valence-electron chi connectivity index (χ3n) is 4.24. The number of nitrogens with one attached hydrogen (secondary N) is 1. The number of rotatable bonds is 6. The number of phenols is 1. The lowest BCUT2D eigenvalue weighted by Crippen LogP contribution is -2.71. The summed E-state index contributed by atoms with van der Waals surface area (Å²) in [6.45, 7) is -0.468. The second-order valence-electron chi connectivity index (χ2n) is 5.95. The fourth-order valence-corrected chi connectivity index (χ4v) is 4.32. The quantitative estimate of drug-likeness (QED) is 0.279. The number of hydrogen-bond donors (Lipinski definition) is 4. The lowest BCUT2D eigenvalue weighted by Gasteiger charge is -2.49. The maximum absolute atomic E-state index is 12.7. The number of carbonyl (C=O) groups excluding carboxylic acids is 2. The van der Waals surface area contributed by atoms with Crippen LogP contribution in [-0.2, 0) is 19.2 Å². The zero-order valence-corrected chi connectivity index (χ0v) is 15.5. The predicted octanol–water partition coefficient (Wildman–Crippen LogP) is -0.526. The van der Waals surface area contributed by atoms with E-state index in [2.05, 4.69) is 10.5 Å². The molecule has 1 saturated heterocycles. The minimum atomic E-state index is -1.31. The van der Waals surface area contributed by atoms with Crippen molar-refractivity contribution in [2.75, 3.05) is 19.5 Å². The summed E-state index contributed by atoms with van der Waals surface area (Å²) in [5, 5.41) is 33.9. The normalized spacial score (nSPS) is 21.7. The van der Waals surface area contributed by atoms with E-state index in [1.807, 2.05) is 0 Å². The number of oxime groups is 1. The molecule has 3 rings (SSSR count). The Bertz CT molecular complexity index is 898. The van der Waals surface area contributed by atoms with Crippen LogP contribution < -0.4 is 5.32 Å². The minimum Gasteiger partial charge on any atom is -0.508 e. The van der Waals surface area contributed by atoms with Crippen molar-refractivity contribution in [3.8, 4) is 5.75 Å². The van der Waals surface area contributed by atoms with Gasteiger partial charge in [-0.2, -0.15) is 0 Å². The van der Waals surface area contributed by atoms with Crippen LogP contribution in [-0.4, -0.2) is 74.6 Å². The number of aromatic hydroxyl groups is 1. The molecule has 2 amide bonds. The molecule has 0 aliphatic carbocycles. The monoisotopic (exact) mass is 407 g/mol. The molecule has 28 heavy (non-hydrogen) atoms. The molecule has 2 aliphatic rings. The number of aliphatic hydroxyl groups is 1. The summed E-state index contributed by atoms with van der Waals surface area (Å²) < 4.78 is 0. The molecular weight excluding hydrogens is 390 g/mol. The fraction of sp³-hybridized carbons (Fsp3) is 0.294. The van der Waals surface area contributed by atoms with Crippen LogP contribution in [0.2, 0.25) is 0 Å². The predicted molar refractivity (Wildman–Crippen MR) is 98.4 cm³/mol. The molecule has 1 unspecified atom stereocenters. The number of fused-ring (bicyclic) bond motifs is 1. The lowest BCUT2D eigenvalue weighted by atomic mass is 10.0. The second-order valence-corrected chi connectivity index (χ2v) is 7.05. The van der Waals surface area contributed by atoms with Gasteiger partial charge in [-0.25, -0.2) is 4.79 Å². The van der Waals surface area contributed by atoms with Crippen LogP contribution in [0.5, 0.6) is 5.75 Å². The van der Waals surface area contributed by atoms with Gasteiger partial charge in [0.05, 0.1) is 6.61 Å². The molecule has 0 aromatic heterocycles. The van der Waals surface area contributed by atoms with Crippen LogP contribution in [0.25, 0.3) is 0 Å². The number of carboxylic acids is 1. The van der Waals surface area contributed by atoms with Crippen molar-refractivity contribution in [1.82, 2.24) is 10.2 Å². The second kappa shape index (κ2) is 7.90. The van der Waals surface area contributed by atoms with Crippen molar-refractivity contribution in [2.45, 2.75) is 11.4 Å². The number of benzene rings is 1. The van der Waals surface area contributed by atoms with Gasteiger partial charge in [-0.3, -0.25) is 14.5 Å². The van der Waals surface area contributed by atoms with E-state index >= 15 is 0 Å². The van der Waals surface area contributed by atoms with E-state index in [0.717, 1.165) is 4.90 Å². The third kappa shape index (κ3) is 3.41. The number of nitrogens with zero attached hydrogens (tertiary/aromatic N) is 2. The molecule has 148 valence electrons. The molecule has 1 aromatic rings. The lowest BCUT2D eigenvalue weighted by molar-refractivity contribution is -0.150. The van der Waals surface area contributed by atoms with Crippen molar-refractivity contribution < 1.29 is 34.5 Å². The van der Waals surface area contributed by atoms with Gasteiger partial charge in [0.15, 0.2) is 5.71 Å². The SMILES string of the molecule is CON=C(C(=O)NC1C(=O)N2C(C(=O)O)=C(CO)CS[C@H]12)c1cccc(O)c1. The first kappa shape index (κ1) is 19.7. The maximum Gasteiger partial charge on any atom is 0.352 e. The Kier molecular flexibility index (Phi) is 5.56. The van der Waals surface area contributed by atoms with Gasteiger partial charge in [-0.05, 0) is 17.7 Å². The Morgan fingerprint density at radius 1 is 1.43 bits per heavy atom. The van der Waals surface area contributed by atoms with Gasteiger partial charge in [-0.1, -0.05) is 17.3 Å². The van der Waals surface area contributed by atoms with Crippen LogP contribution in [0.1, 0.15) is 5.56 Å². The van der Waals surface area contributed by atoms with E-state index in [-0.39, 0.29) is 34.0 Å². The number of amides is 2. The average molecular weight is 407 g/mol. The summed E-state index contributed by atoms with van der Waals surface area (Å²) in [7, 11) is 1.25. The van der Waals surface area contributed by atoms with Crippen molar-refractivity contribution in [3.05, 3.63) is 41.1 Å². The van der Waals surface area contributed by atoms with E-state index in [4.69, 9.17) is 4.84 Å². The molecule has 0 radical (unpaired) electrons. The number of thioether (sulfide) groups is 1. The summed E-state index contributed by atoms with van der Waals surface area (Å²) in [6.07, 6.45) is 0. The highest BCUT2D eigenvalue weighted by atomic mass is 32.2. The average Bonchev–Trinajstić information content (AvgIpc) is 2.68. The topological polar surface area (TPSA) is 149 Å². The first-order valence-corrected chi connectivity index (χ1v) is 9.16. The molecular formula is C17H17N3O7S. The van der Waals surface area contributed by atoms with Gasteiger partial charge in [0.25, 0.3) is 11.8 Å². The van der Waals surface area contributed by atoms with Gasteiger partial charge < -0.3 is 25.5 Å². The van der Waals surface area contributed by atoms with Crippen molar-refractivity contribution in [1.29, 1.82) is 0 Å². The van der Waals surface area contributed by atoms with E-state index in [9.17, 15) is 29.7 Å². The van der Waals surface area contributed by atoms with Crippen LogP contribution in [0, 0.1) is 0 Å². The van der Waals surface area contributed by atoms with Gasteiger partial charge in [0, 0.05) is 11.3 Å². The van der Waals surface area contributed by atoms with E-state index in [1.54, 1.807) is 6.07 Å². The molecule has 2 aliphatic heterocycles.